The third-order valence-corrected chi connectivity index (χ3v) is 0.864. The van der Waals surface area contributed by atoms with E-state index >= 15 is 0 Å². The van der Waals surface area contributed by atoms with Crippen LogP contribution in [0.1, 0.15) is 12.8 Å². The molecule has 12 heavy (non-hydrogen) atoms. The molecule has 0 aliphatic rings. The second-order valence-corrected chi connectivity index (χ2v) is 1.85. The van der Waals surface area contributed by atoms with Crippen molar-refractivity contribution >= 4 is 5.97 Å². The first-order valence-corrected chi connectivity index (χ1v) is 3.35. The number of carboxylic acid groups (broad SMARTS) is 1. The third kappa shape index (κ3) is 8.50. The average molecular weight is 173 g/mol. The van der Waals surface area contributed by atoms with Gasteiger partial charge in [0.1, 0.15) is 0 Å². The molecule has 0 unspecified atom stereocenters. The maximum atomic E-state index is 9.70. The van der Waals surface area contributed by atoms with Crippen LogP contribution in [0.2, 0.25) is 0 Å². The maximum Gasteiger partial charge on any atom is 0.303 e. The minimum atomic E-state index is -0.773. The second-order valence-electron chi connectivity index (χ2n) is 1.85. The van der Waals surface area contributed by atoms with Gasteiger partial charge >= 0.3 is 5.97 Å². The van der Waals surface area contributed by atoms with Crippen molar-refractivity contribution in [1.29, 1.82) is 0 Å². The van der Waals surface area contributed by atoms with Gasteiger partial charge in [-0.05, 0) is 13.0 Å². The molecule has 0 saturated heterocycles. The molecule has 0 spiro atoms. The lowest BCUT2D eigenvalue weighted by atomic mass is 10.3. The van der Waals surface area contributed by atoms with Crippen LogP contribution in [0.25, 0.3) is 0 Å². The Bertz CT molecular complexity index is 171. The second kappa shape index (κ2) is 7.61. The minimum absolute atomic E-state index is 0.191. The Morgan fingerprint density at radius 3 is 2.58 bits per heavy atom. The number of aromatic amines is 1. The lowest BCUT2D eigenvalue weighted by Crippen LogP contribution is -2.02. The van der Waals surface area contributed by atoms with E-state index in [4.69, 9.17) is 10.8 Å². The van der Waals surface area contributed by atoms with E-state index in [0.29, 0.717) is 13.0 Å². The Labute approximate surface area is 69.0 Å². The summed E-state index contributed by atoms with van der Waals surface area (Å²) in [5, 5.41) is 20.2. The fourth-order valence-electron chi connectivity index (χ4n) is 0.382. The van der Waals surface area contributed by atoms with Crippen molar-refractivity contribution < 1.29 is 9.90 Å². The lowest BCUT2D eigenvalue weighted by molar-refractivity contribution is -0.137. The number of hydrogen-bond acceptors (Lipinski definition) is 5. The van der Waals surface area contributed by atoms with Gasteiger partial charge in [-0.25, -0.2) is 0 Å². The zero-order valence-corrected chi connectivity index (χ0v) is 6.47. The van der Waals surface area contributed by atoms with Crippen molar-refractivity contribution in [3.05, 3.63) is 6.33 Å². The van der Waals surface area contributed by atoms with E-state index in [-0.39, 0.29) is 6.42 Å². The van der Waals surface area contributed by atoms with Crippen LogP contribution in [0.4, 0.5) is 0 Å². The molecule has 0 aliphatic carbocycles. The number of carbonyl (C=O) groups is 1. The van der Waals surface area contributed by atoms with Gasteiger partial charge in [0.15, 0.2) is 6.33 Å². The molecule has 7 heteroatoms. The number of H-pyrrole nitrogens is 1. The summed E-state index contributed by atoms with van der Waals surface area (Å²) in [5.74, 6) is -0.773. The number of nitrogens with zero attached hydrogens (tertiary/aromatic N) is 3. The number of nitrogens with two attached hydrogens (primary N) is 1. The van der Waals surface area contributed by atoms with E-state index in [0.717, 1.165) is 0 Å². The number of rotatable bonds is 3. The summed E-state index contributed by atoms with van der Waals surface area (Å²) in [6, 6.07) is 0. The summed E-state index contributed by atoms with van der Waals surface area (Å²) >= 11 is 0. The van der Waals surface area contributed by atoms with Crippen LogP contribution in [0.3, 0.4) is 0 Å². The van der Waals surface area contributed by atoms with Crippen molar-refractivity contribution in [2.45, 2.75) is 12.8 Å². The number of aromatic nitrogens is 4. The number of tetrazole rings is 1. The molecular weight excluding hydrogens is 162 g/mol. The molecule has 0 aliphatic heterocycles. The molecule has 68 valence electrons. The molecule has 1 aromatic heterocycles. The Balaban J connectivity index is 0.000000211. The summed E-state index contributed by atoms with van der Waals surface area (Å²) in [6.07, 6.45) is 2.10. The van der Waals surface area contributed by atoms with Crippen molar-refractivity contribution in [3.8, 4) is 0 Å². The van der Waals surface area contributed by atoms with Crippen LogP contribution in [0, 0.1) is 0 Å². The zero-order chi connectivity index (χ0) is 9.23. The summed E-state index contributed by atoms with van der Waals surface area (Å²) in [7, 11) is 0. The zero-order valence-electron chi connectivity index (χ0n) is 6.47. The predicted molar refractivity (Wildman–Crippen MR) is 40.1 cm³/mol. The van der Waals surface area contributed by atoms with Gasteiger partial charge in [0.25, 0.3) is 0 Å². The summed E-state index contributed by atoms with van der Waals surface area (Å²) < 4.78 is 0. The highest BCUT2D eigenvalue weighted by Gasteiger charge is 1.91. The fraction of sp³-hybridized carbons (Fsp3) is 0.600. The average Bonchev–Trinajstić information content (AvgIpc) is 2.57. The molecule has 1 rings (SSSR count). The highest BCUT2D eigenvalue weighted by molar-refractivity contribution is 5.66. The third-order valence-electron chi connectivity index (χ3n) is 0.864. The molecular formula is C5H11N5O2. The van der Waals surface area contributed by atoms with Crippen molar-refractivity contribution in [3.63, 3.8) is 0 Å². The molecule has 7 nitrogen and oxygen atoms in total. The summed E-state index contributed by atoms with van der Waals surface area (Å²) in [5.41, 5.74) is 5.01. The molecule has 0 atom stereocenters. The first-order chi connectivity index (χ1) is 5.77. The van der Waals surface area contributed by atoms with Crippen molar-refractivity contribution in [2.24, 2.45) is 5.73 Å². The Morgan fingerprint density at radius 1 is 1.67 bits per heavy atom. The van der Waals surface area contributed by atoms with Crippen LogP contribution < -0.4 is 5.73 Å². The van der Waals surface area contributed by atoms with Gasteiger partial charge in [-0.2, -0.15) is 5.21 Å². The molecule has 0 saturated carbocycles. The topological polar surface area (TPSA) is 118 Å². The number of nitrogens with one attached hydrogen (secondary N) is 1. The van der Waals surface area contributed by atoms with Crippen LogP contribution in [0.15, 0.2) is 6.33 Å². The van der Waals surface area contributed by atoms with E-state index in [1.165, 1.54) is 6.33 Å². The molecule has 0 aromatic carbocycles. The van der Waals surface area contributed by atoms with Gasteiger partial charge in [-0.3, -0.25) is 4.79 Å². The molecule has 0 amide bonds. The summed E-state index contributed by atoms with van der Waals surface area (Å²) in [4.78, 5) is 9.70. The normalized spacial score (nSPS) is 8.42. The number of aliphatic carboxylic acids is 1. The van der Waals surface area contributed by atoms with Gasteiger partial charge in [0.05, 0.1) is 0 Å². The maximum absolute atomic E-state index is 9.70. The first-order valence-electron chi connectivity index (χ1n) is 3.35. The Kier molecular flexibility index (Phi) is 6.65. The largest absolute Gasteiger partial charge is 0.481 e. The minimum Gasteiger partial charge on any atom is -0.481 e. The van der Waals surface area contributed by atoms with Crippen LogP contribution in [-0.2, 0) is 4.79 Å². The Hall–Kier alpha value is -1.50. The van der Waals surface area contributed by atoms with Crippen molar-refractivity contribution in [1.82, 2.24) is 20.6 Å². The van der Waals surface area contributed by atoms with Crippen LogP contribution in [0.5, 0.6) is 0 Å². The number of hydrogen-bond donors (Lipinski definition) is 3. The number of carboxylic acids is 1. The molecule has 1 aromatic rings. The van der Waals surface area contributed by atoms with Gasteiger partial charge in [-0.15, -0.1) is 10.2 Å². The van der Waals surface area contributed by atoms with Gasteiger partial charge in [-0.1, -0.05) is 5.21 Å². The SMILES string of the molecule is NCCCC(=O)O.c1nn[nH]n1. The van der Waals surface area contributed by atoms with Crippen LogP contribution >= 0.6 is 0 Å². The lowest BCUT2D eigenvalue weighted by Gasteiger charge is -1.86. The highest BCUT2D eigenvalue weighted by Crippen LogP contribution is 1.82. The Morgan fingerprint density at radius 2 is 2.42 bits per heavy atom. The van der Waals surface area contributed by atoms with E-state index in [2.05, 4.69) is 20.6 Å². The molecule has 0 fully saturated rings. The quantitative estimate of drug-likeness (QED) is 0.540. The fourth-order valence-corrected chi connectivity index (χ4v) is 0.382. The van der Waals surface area contributed by atoms with Gasteiger partial charge in [0.2, 0.25) is 0 Å². The molecule has 4 N–H and O–H groups in total. The predicted octanol–water partition coefficient (Wildman–Crippen LogP) is -0.990. The van der Waals surface area contributed by atoms with Gasteiger partial charge < -0.3 is 10.8 Å². The first kappa shape index (κ1) is 10.5. The van der Waals surface area contributed by atoms with Gasteiger partial charge in [0, 0.05) is 6.42 Å². The monoisotopic (exact) mass is 173 g/mol. The molecule has 0 bridgehead atoms. The molecule has 0 radical (unpaired) electrons. The van der Waals surface area contributed by atoms with E-state index in [1.54, 1.807) is 0 Å². The summed E-state index contributed by atoms with van der Waals surface area (Å²) in [6.45, 7) is 0.465. The standard InChI is InChI=1S/C4H9NO2.CH2N4/c5-3-1-2-4(6)7;1-2-4-5-3-1/h1-3,5H2,(H,6,7);1H,(H,2,3,4,5). The van der Waals surface area contributed by atoms with Crippen molar-refractivity contribution in [2.75, 3.05) is 6.54 Å². The van der Waals surface area contributed by atoms with E-state index in [1.807, 2.05) is 0 Å². The van der Waals surface area contributed by atoms with E-state index < -0.39 is 5.97 Å². The molecule has 1 heterocycles. The smallest absolute Gasteiger partial charge is 0.303 e. The highest BCUT2D eigenvalue weighted by atomic mass is 16.4. The van der Waals surface area contributed by atoms with Crippen LogP contribution in [-0.4, -0.2) is 38.2 Å². The van der Waals surface area contributed by atoms with E-state index in [9.17, 15) is 4.79 Å².